The Bertz CT molecular complexity index is 666. The molecule has 104 valence electrons. The van der Waals surface area contributed by atoms with Crippen LogP contribution in [0.3, 0.4) is 0 Å². The number of carbonyl (C=O) groups is 1. The molecule has 0 aliphatic heterocycles. The first-order valence-corrected chi connectivity index (χ1v) is 7.17. The summed E-state index contributed by atoms with van der Waals surface area (Å²) in [7, 11) is 1.86. The van der Waals surface area contributed by atoms with Crippen molar-refractivity contribution in [3.63, 3.8) is 0 Å². The summed E-state index contributed by atoms with van der Waals surface area (Å²) in [6, 6.07) is 7.56. The molecule has 0 fully saturated rings. The molecule has 1 aromatic carbocycles. The lowest BCUT2D eigenvalue weighted by Crippen LogP contribution is -2.11. The van der Waals surface area contributed by atoms with Crippen molar-refractivity contribution in [2.75, 3.05) is 6.61 Å². The third-order valence-electron chi connectivity index (χ3n) is 2.57. The van der Waals surface area contributed by atoms with Crippen molar-refractivity contribution < 1.29 is 9.53 Å². The second-order valence-electron chi connectivity index (χ2n) is 4.08. The van der Waals surface area contributed by atoms with E-state index >= 15 is 0 Å². The van der Waals surface area contributed by atoms with Crippen LogP contribution in [0.2, 0.25) is 0 Å². The summed E-state index contributed by atoms with van der Waals surface area (Å²) in [4.78, 5) is 16.4. The minimum atomic E-state index is -0.267. The summed E-state index contributed by atoms with van der Waals surface area (Å²) < 4.78 is 7.17. The zero-order valence-corrected chi connectivity index (χ0v) is 12.3. The number of carbonyl (C=O) groups excluding carboxylic acids is 1. The Morgan fingerprint density at radius 1 is 1.40 bits per heavy atom. The highest BCUT2D eigenvalue weighted by molar-refractivity contribution is 7.07. The van der Waals surface area contributed by atoms with Crippen LogP contribution in [0.4, 0.5) is 0 Å². The Morgan fingerprint density at radius 3 is 2.75 bits per heavy atom. The highest BCUT2D eigenvalue weighted by Crippen LogP contribution is 2.12. The van der Waals surface area contributed by atoms with Gasteiger partial charge in [0, 0.05) is 24.7 Å². The van der Waals surface area contributed by atoms with Crippen LogP contribution < -0.4 is 9.54 Å². The number of nitrogens with zero attached hydrogens (tertiary/aromatic N) is 2. The van der Waals surface area contributed by atoms with Gasteiger partial charge in [-0.3, -0.25) is 4.79 Å². The normalized spacial score (nSPS) is 12.0. The van der Waals surface area contributed by atoms with E-state index in [-0.39, 0.29) is 5.91 Å². The summed E-state index contributed by atoms with van der Waals surface area (Å²) in [6.45, 7) is 2.59. The molecule has 0 saturated carbocycles. The Hall–Kier alpha value is -2.14. The molecule has 5 heteroatoms. The van der Waals surface area contributed by atoms with E-state index in [0.717, 1.165) is 11.3 Å². The van der Waals surface area contributed by atoms with E-state index in [9.17, 15) is 4.79 Å². The van der Waals surface area contributed by atoms with Gasteiger partial charge in [0.05, 0.1) is 6.61 Å². The number of rotatable bonds is 4. The minimum Gasteiger partial charge on any atom is -0.494 e. The lowest BCUT2D eigenvalue weighted by atomic mass is 10.2. The van der Waals surface area contributed by atoms with E-state index in [1.165, 1.54) is 17.4 Å². The maximum absolute atomic E-state index is 11.7. The number of hydrogen-bond donors (Lipinski definition) is 0. The summed E-state index contributed by atoms with van der Waals surface area (Å²) in [6.07, 6.45) is 5.08. The molecule has 0 spiro atoms. The zero-order chi connectivity index (χ0) is 14.4. The molecule has 4 nitrogen and oxygen atoms in total. The fraction of sp³-hybridized carbons (Fsp3) is 0.200. The molecule has 0 radical (unpaired) electrons. The maximum atomic E-state index is 11.7. The number of aromatic nitrogens is 1. The molecule has 0 atom stereocenters. The highest BCUT2D eigenvalue weighted by atomic mass is 32.1. The zero-order valence-electron chi connectivity index (χ0n) is 11.4. The largest absolute Gasteiger partial charge is 0.494 e. The highest BCUT2D eigenvalue weighted by Gasteiger charge is 1.95. The molecule has 2 rings (SSSR count). The standard InChI is InChI=1S/C15H16N2O2S/c1-3-19-13-7-4-12(5-8-13)6-9-14(18)16-15-17(2)10-11-20-15/h4-11H,3H2,1-2H3. The van der Waals surface area contributed by atoms with Crippen molar-refractivity contribution in [3.8, 4) is 5.75 Å². The molecular weight excluding hydrogens is 272 g/mol. The lowest BCUT2D eigenvalue weighted by Gasteiger charge is -2.01. The van der Waals surface area contributed by atoms with Crippen LogP contribution in [0.1, 0.15) is 12.5 Å². The van der Waals surface area contributed by atoms with E-state index in [1.54, 1.807) is 6.08 Å². The third-order valence-corrected chi connectivity index (χ3v) is 3.42. The van der Waals surface area contributed by atoms with Gasteiger partial charge in [0.15, 0.2) is 4.80 Å². The number of benzene rings is 1. The molecule has 0 unspecified atom stereocenters. The molecule has 20 heavy (non-hydrogen) atoms. The van der Waals surface area contributed by atoms with Crippen molar-refractivity contribution in [2.24, 2.45) is 12.0 Å². The van der Waals surface area contributed by atoms with Gasteiger partial charge in [-0.2, -0.15) is 4.99 Å². The van der Waals surface area contributed by atoms with Crippen LogP contribution in [0.15, 0.2) is 46.9 Å². The number of amides is 1. The van der Waals surface area contributed by atoms with Crippen LogP contribution in [-0.4, -0.2) is 17.1 Å². The second-order valence-corrected chi connectivity index (χ2v) is 4.95. The van der Waals surface area contributed by atoms with Crippen molar-refractivity contribution in [2.45, 2.75) is 6.92 Å². The first kappa shape index (κ1) is 14.3. The fourth-order valence-corrected chi connectivity index (χ4v) is 2.31. The topological polar surface area (TPSA) is 43.6 Å². The summed E-state index contributed by atoms with van der Waals surface area (Å²) in [5.74, 6) is 0.559. The van der Waals surface area contributed by atoms with Gasteiger partial charge in [-0.25, -0.2) is 0 Å². The van der Waals surface area contributed by atoms with E-state index in [4.69, 9.17) is 4.74 Å². The maximum Gasteiger partial charge on any atom is 0.272 e. The third kappa shape index (κ3) is 3.93. The second kappa shape index (κ2) is 6.86. The quantitative estimate of drug-likeness (QED) is 0.812. The van der Waals surface area contributed by atoms with Gasteiger partial charge < -0.3 is 9.30 Å². The van der Waals surface area contributed by atoms with E-state index in [2.05, 4.69) is 4.99 Å². The summed E-state index contributed by atoms with van der Waals surface area (Å²) in [5.41, 5.74) is 0.938. The monoisotopic (exact) mass is 288 g/mol. The Morgan fingerprint density at radius 2 is 2.15 bits per heavy atom. The average Bonchev–Trinajstić information content (AvgIpc) is 2.84. The molecule has 1 heterocycles. The first-order valence-electron chi connectivity index (χ1n) is 6.29. The first-order chi connectivity index (χ1) is 9.69. The minimum absolute atomic E-state index is 0.267. The van der Waals surface area contributed by atoms with Gasteiger partial charge in [0.25, 0.3) is 5.91 Å². The van der Waals surface area contributed by atoms with Gasteiger partial charge >= 0.3 is 0 Å². The summed E-state index contributed by atoms with van der Waals surface area (Å²) in [5, 5.41) is 1.89. The van der Waals surface area contributed by atoms with E-state index < -0.39 is 0 Å². The van der Waals surface area contributed by atoms with Crippen LogP contribution in [-0.2, 0) is 11.8 Å². The Kier molecular flexibility index (Phi) is 4.90. The van der Waals surface area contributed by atoms with Crippen molar-refractivity contribution in [3.05, 3.63) is 52.3 Å². The van der Waals surface area contributed by atoms with Crippen molar-refractivity contribution >= 4 is 23.3 Å². The van der Waals surface area contributed by atoms with Crippen LogP contribution in [0.25, 0.3) is 6.08 Å². The van der Waals surface area contributed by atoms with Crippen LogP contribution in [0, 0.1) is 0 Å². The van der Waals surface area contributed by atoms with Gasteiger partial charge in [-0.05, 0) is 30.7 Å². The van der Waals surface area contributed by atoms with E-state index in [0.29, 0.717) is 11.4 Å². The van der Waals surface area contributed by atoms with Gasteiger partial charge in [0.1, 0.15) is 5.75 Å². The molecule has 0 N–H and O–H groups in total. The van der Waals surface area contributed by atoms with Crippen molar-refractivity contribution in [1.29, 1.82) is 0 Å². The lowest BCUT2D eigenvalue weighted by molar-refractivity contribution is -0.113. The predicted octanol–water partition coefficient (Wildman–Crippen LogP) is 2.63. The molecule has 0 bridgehead atoms. The van der Waals surface area contributed by atoms with Gasteiger partial charge in [0.2, 0.25) is 0 Å². The molecule has 1 amide bonds. The summed E-state index contributed by atoms with van der Waals surface area (Å²) >= 11 is 1.43. The van der Waals surface area contributed by atoms with Crippen LogP contribution >= 0.6 is 11.3 Å². The molecule has 1 aromatic heterocycles. The predicted molar refractivity (Wildman–Crippen MR) is 80.5 cm³/mol. The van der Waals surface area contributed by atoms with Gasteiger partial charge in [-0.1, -0.05) is 12.1 Å². The Balaban J connectivity index is 2.06. The average molecular weight is 288 g/mol. The van der Waals surface area contributed by atoms with Crippen LogP contribution in [0.5, 0.6) is 5.75 Å². The number of aryl methyl sites for hydroxylation is 1. The van der Waals surface area contributed by atoms with Crippen molar-refractivity contribution in [1.82, 2.24) is 4.57 Å². The number of thiazole rings is 1. The molecule has 2 aromatic rings. The van der Waals surface area contributed by atoms with E-state index in [1.807, 2.05) is 54.4 Å². The molecular formula is C15H16N2O2S. The fourth-order valence-electron chi connectivity index (χ4n) is 1.58. The Labute approximate surface area is 121 Å². The smallest absolute Gasteiger partial charge is 0.272 e. The van der Waals surface area contributed by atoms with Gasteiger partial charge in [-0.15, -0.1) is 11.3 Å². The number of ether oxygens (including phenoxy) is 1. The SMILES string of the molecule is CCOc1ccc(C=CC(=O)N=c2sccn2C)cc1. The molecule has 0 saturated heterocycles. The molecule has 0 aliphatic rings. The molecule has 0 aliphatic carbocycles. The number of hydrogen-bond acceptors (Lipinski definition) is 3.